The van der Waals surface area contributed by atoms with Crippen molar-refractivity contribution < 1.29 is 4.79 Å². The molecule has 3 nitrogen and oxygen atoms in total. The number of nitrogens with zero attached hydrogens (tertiary/aromatic N) is 1. The van der Waals surface area contributed by atoms with Gasteiger partial charge < -0.3 is 10.6 Å². The Bertz CT molecular complexity index is 477. The maximum Gasteiger partial charge on any atom is 0.255 e. The lowest BCUT2D eigenvalue weighted by Gasteiger charge is -2.38. The first-order valence-electron chi connectivity index (χ1n) is 6.52. The maximum absolute atomic E-state index is 12.7. The van der Waals surface area contributed by atoms with Crippen molar-refractivity contribution in [2.45, 2.75) is 38.3 Å². The highest BCUT2D eigenvalue weighted by molar-refractivity contribution is 9.11. The van der Waals surface area contributed by atoms with E-state index in [1.165, 1.54) is 0 Å². The van der Waals surface area contributed by atoms with Crippen LogP contribution in [0.25, 0.3) is 0 Å². The second-order valence-corrected chi connectivity index (χ2v) is 6.81. The summed E-state index contributed by atoms with van der Waals surface area (Å²) in [5.74, 6) is 0.0650. The second-order valence-electron chi connectivity index (χ2n) is 5.04. The van der Waals surface area contributed by atoms with E-state index in [9.17, 15) is 4.79 Å². The van der Waals surface area contributed by atoms with Gasteiger partial charge in [-0.2, -0.15) is 0 Å². The van der Waals surface area contributed by atoms with Gasteiger partial charge in [-0.05, 0) is 60.3 Å². The summed E-state index contributed by atoms with van der Waals surface area (Å²) in [7, 11) is 0. The molecule has 1 amide bonds. The summed E-state index contributed by atoms with van der Waals surface area (Å²) in [5, 5.41) is 0. The lowest BCUT2D eigenvalue weighted by molar-refractivity contribution is 0.0583. The van der Waals surface area contributed by atoms with Crippen molar-refractivity contribution in [2.24, 2.45) is 5.73 Å². The summed E-state index contributed by atoms with van der Waals surface area (Å²) in [5.41, 5.74) is 6.72. The summed E-state index contributed by atoms with van der Waals surface area (Å²) in [4.78, 5) is 14.6. The predicted octanol–water partition coefficient (Wildman–Crippen LogP) is 3.55. The van der Waals surface area contributed by atoms with Crippen molar-refractivity contribution in [3.63, 3.8) is 0 Å². The third-order valence-electron chi connectivity index (χ3n) is 3.58. The number of nitrogens with two attached hydrogens (primary N) is 1. The topological polar surface area (TPSA) is 46.3 Å². The Morgan fingerprint density at radius 3 is 2.84 bits per heavy atom. The predicted molar refractivity (Wildman–Crippen MR) is 84.2 cm³/mol. The zero-order valence-corrected chi connectivity index (χ0v) is 14.1. The van der Waals surface area contributed by atoms with Crippen LogP contribution in [-0.2, 0) is 0 Å². The number of rotatable bonds is 2. The van der Waals surface area contributed by atoms with Crippen LogP contribution in [0.3, 0.4) is 0 Å². The van der Waals surface area contributed by atoms with Gasteiger partial charge in [0.25, 0.3) is 5.91 Å². The Morgan fingerprint density at radius 1 is 1.42 bits per heavy atom. The Labute approximate surface area is 130 Å². The van der Waals surface area contributed by atoms with E-state index >= 15 is 0 Å². The monoisotopic (exact) mass is 388 g/mol. The van der Waals surface area contributed by atoms with Crippen molar-refractivity contribution in [3.05, 3.63) is 32.7 Å². The molecule has 2 atom stereocenters. The van der Waals surface area contributed by atoms with Gasteiger partial charge in [-0.1, -0.05) is 15.9 Å². The minimum absolute atomic E-state index is 0.00942. The maximum atomic E-state index is 12.7. The average Bonchev–Trinajstić information content (AvgIpc) is 2.40. The number of hydrogen-bond donors (Lipinski definition) is 1. The number of benzene rings is 1. The number of piperidine rings is 1. The lowest BCUT2D eigenvalue weighted by atomic mass is 9.96. The van der Waals surface area contributed by atoms with Crippen LogP contribution in [0, 0.1) is 0 Å². The molecule has 1 saturated heterocycles. The van der Waals surface area contributed by atoms with E-state index in [1.54, 1.807) is 0 Å². The summed E-state index contributed by atoms with van der Waals surface area (Å²) in [6.07, 6.45) is 3.20. The number of carbonyl (C=O) groups is 1. The largest absolute Gasteiger partial charge is 0.334 e. The van der Waals surface area contributed by atoms with Gasteiger partial charge in [0.2, 0.25) is 0 Å². The summed E-state index contributed by atoms with van der Waals surface area (Å²) in [6, 6.07) is 5.82. The van der Waals surface area contributed by atoms with Gasteiger partial charge >= 0.3 is 0 Å². The quantitative estimate of drug-likeness (QED) is 0.840. The summed E-state index contributed by atoms with van der Waals surface area (Å²) in [6.45, 7) is 2.77. The third-order valence-corrected chi connectivity index (χ3v) is 4.76. The molecule has 0 bridgehead atoms. The third kappa shape index (κ3) is 3.38. The fourth-order valence-electron chi connectivity index (χ4n) is 2.57. The fraction of sp³-hybridized carbons (Fsp3) is 0.500. The van der Waals surface area contributed by atoms with Gasteiger partial charge in [-0.15, -0.1) is 0 Å². The second kappa shape index (κ2) is 6.37. The Hall–Kier alpha value is -0.390. The van der Waals surface area contributed by atoms with Gasteiger partial charge in [0, 0.05) is 27.6 Å². The smallest absolute Gasteiger partial charge is 0.255 e. The molecule has 19 heavy (non-hydrogen) atoms. The van der Waals surface area contributed by atoms with E-state index in [0.717, 1.165) is 34.8 Å². The van der Waals surface area contributed by atoms with E-state index in [1.807, 2.05) is 30.0 Å². The highest BCUT2D eigenvalue weighted by Gasteiger charge is 2.30. The van der Waals surface area contributed by atoms with Gasteiger partial charge in [-0.25, -0.2) is 0 Å². The molecular formula is C14H18Br2N2O. The van der Waals surface area contributed by atoms with Crippen LogP contribution in [0.4, 0.5) is 0 Å². The first-order valence-corrected chi connectivity index (χ1v) is 8.11. The molecule has 0 radical (unpaired) electrons. The molecule has 1 aromatic carbocycles. The SMILES string of the molecule is CC(N)C1CCCCN1C(=O)c1cc(Br)ccc1Br. The van der Waals surface area contributed by atoms with E-state index < -0.39 is 0 Å². The standard InChI is InChI=1S/C14H18Br2N2O/c1-9(17)13-4-2-3-7-18(13)14(19)11-8-10(15)5-6-12(11)16/h5-6,8-9,13H,2-4,7,17H2,1H3. The highest BCUT2D eigenvalue weighted by Crippen LogP contribution is 2.27. The molecule has 0 aromatic heterocycles. The van der Waals surface area contributed by atoms with Crippen molar-refractivity contribution in [2.75, 3.05) is 6.54 Å². The van der Waals surface area contributed by atoms with Crippen molar-refractivity contribution in [1.29, 1.82) is 0 Å². The van der Waals surface area contributed by atoms with Crippen molar-refractivity contribution >= 4 is 37.8 Å². The minimum Gasteiger partial charge on any atom is -0.334 e. The first kappa shape index (κ1) is 15.0. The van der Waals surface area contributed by atoms with Crippen LogP contribution in [-0.4, -0.2) is 29.4 Å². The van der Waals surface area contributed by atoms with E-state index in [-0.39, 0.29) is 18.0 Å². The molecule has 1 aliphatic heterocycles. The molecule has 2 N–H and O–H groups in total. The van der Waals surface area contributed by atoms with Gasteiger partial charge in [-0.3, -0.25) is 4.79 Å². The molecule has 1 fully saturated rings. The normalized spacial score (nSPS) is 21.3. The lowest BCUT2D eigenvalue weighted by Crippen LogP contribution is -2.51. The molecule has 2 rings (SSSR count). The summed E-state index contributed by atoms with van der Waals surface area (Å²) < 4.78 is 1.74. The fourth-order valence-corrected chi connectivity index (χ4v) is 3.35. The molecule has 1 aromatic rings. The minimum atomic E-state index is 0.00942. The van der Waals surface area contributed by atoms with Crippen LogP contribution < -0.4 is 5.73 Å². The zero-order valence-electron chi connectivity index (χ0n) is 10.9. The Morgan fingerprint density at radius 2 is 2.16 bits per heavy atom. The van der Waals surface area contributed by atoms with E-state index in [2.05, 4.69) is 31.9 Å². The van der Waals surface area contributed by atoms with Crippen molar-refractivity contribution in [3.8, 4) is 0 Å². The Kier molecular flexibility index (Phi) is 5.03. The Balaban J connectivity index is 2.28. The molecule has 5 heteroatoms. The molecule has 104 valence electrons. The number of hydrogen-bond acceptors (Lipinski definition) is 2. The zero-order chi connectivity index (χ0) is 14.0. The average molecular weight is 390 g/mol. The van der Waals surface area contributed by atoms with Crippen molar-refractivity contribution in [1.82, 2.24) is 4.90 Å². The van der Waals surface area contributed by atoms with Crippen LogP contribution >= 0.6 is 31.9 Å². The van der Waals surface area contributed by atoms with Crippen LogP contribution in [0.15, 0.2) is 27.1 Å². The van der Waals surface area contributed by atoms with Gasteiger partial charge in [0.15, 0.2) is 0 Å². The molecule has 0 spiro atoms. The van der Waals surface area contributed by atoms with E-state index in [4.69, 9.17) is 5.73 Å². The van der Waals surface area contributed by atoms with Crippen LogP contribution in [0.1, 0.15) is 36.5 Å². The molecule has 1 heterocycles. The van der Waals surface area contributed by atoms with Crippen LogP contribution in [0.5, 0.6) is 0 Å². The first-order chi connectivity index (χ1) is 9.00. The molecule has 0 aliphatic carbocycles. The van der Waals surface area contributed by atoms with Crippen LogP contribution in [0.2, 0.25) is 0 Å². The molecule has 2 unspecified atom stereocenters. The number of likely N-dealkylation sites (tertiary alicyclic amines) is 1. The number of carbonyl (C=O) groups excluding carboxylic acids is 1. The van der Waals surface area contributed by atoms with E-state index in [0.29, 0.717) is 5.56 Å². The number of halogens is 2. The summed E-state index contributed by atoms with van der Waals surface area (Å²) >= 11 is 6.87. The van der Waals surface area contributed by atoms with Gasteiger partial charge in [0.1, 0.15) is 0 Å². The highest BCUT2D eigenvalue weighted by atomic mass is 79.9. The molecule has 1 aliphatic rings. The number of amides is 1. The molecular weight excluding hydrogens is 372 g/mol. The van der Waals surface area contributed by atoms with Gasteiger partial charge in [0.05, 0.1) is 5.56 Å². The molecule has 0 saturated carbocycles.